The summed E-state index contributed by atoms with van der Waals surface area (Å²) in [7, 11) is 0. The van der Waals surface area contributed by atoms with Crippen LogP contribution in [0.5, 0.6) is 5.75 Å². The number of carbonyl (C=O) groups is 2. The van der Waals surface area contributed by atoms with E-state index in [9.17, 15) is 35.9 Å². The highest BCUT2D eigenvalue weighted by Gasteiger charge is 2.37. The molecule has 1 fully saturated rings. The van der Waals surface area contributed by atoms with Crippen molar-refractivity contribution in [2.24, 2.45) is 0 Å². The van der Waals surface area contributed by atoms with Crippen molar-refractivity contribution in [2.75, 3.05) is 25.0 Å². The zero-order valence-corrected chi connectivity index (χ0v) is 19.1. The Hall–Kier alpha value is -3.54. The number of nitrogens with zero attached hydrogens (tertiary/aromatic N) is 1. The average Bonchev–Trinajstić information content (AvgIpc) is 3.33. The van der Waals surface area contributed by atoms with Crippen LogP contribution in [0.25, 0.3) is 0 Å². The molecule has 0 spiro atoms. The summed E-state index contributed by atoms with van der Waals surface area (Å²) in [5.41, 5.74) is -0.771. The predicted octanol–water partition coefficient (Wildman–Crippen LogP) is 5.34. The van der Waals surface area contributed by atoms with Gasteiger partial charge in [-0.1, -0.05) is 12.1 Å². The van der Waals surface area contributed by atoms with Gasteiger partial charge in [0.1, 0.15) is 5.57 Å². The molecule has 12 heteroatoms. The number of rotatable bonds is 9. The topological polar surface area (TPSA) is 67.9 Å². The lowest BCUT2D eigenvalue weighted by Gasteiger charge is -2.15. The zero-order chi connectivity index (χ0) is 26.5. The second kappa shape index (κ2) is 11.5. The molecule has 0 aromatic heterocycles. The van der Waals surface area contributed by atoms with Crippen LogP contribution in [0, 0.1) is 17.5 Å². The third-order valence-corrected chi connectivity index (χ3v) is 5.26. The zero-order valence-electron chi connectivity index (χ0n) is 19.1. The van der Waals surface area contributed by atoms with E-state index in [2.05, 4.69) is 15.0 Å². The lowest BCUT2D eigenvalue weighted by Crippen LogP contribution is -2.22. The van der Waals surface area contributed by atoms with Crippen molar-refractivity contribution in [3.63, 3.8) is 0 Å². The first-order chi connectivity index (χ1) is 17.0. The van der Waals surface area contributed by atoms with E-state index in [1.165, 1.54) is 6.92 Å². The SMILES string of the molecule is CCOC(=O)/C(=C\Nc1ccc(CN2CCCC2)cc1)C(=O)c1cc(F)c(F)c(OC(F)(F)F)c1F. The van der Waals surface area contributed by atoms with E-state index >= 15 is 0 Å². The van der Waals surface area contributed by atoms with Gasteiger partial charge in [0.25, 0.3) is 0 Å². The molecule has 1 N–H and O–H groups in total. The van der Waals surface area contributed by atoms with Crippen LogP contribution in [0.1, 0.15) is 35.7 Å². The number of hydrogen-bond donors (Lipinski definition) is 1. The summed E-state index contributed by atoms with van der Waals surface area (Å²) in [5.74, 6) is -11.4. The lowest BCUT2D eigenvalue weighted by molar-refractivity contribution is -0.276. The number of benzene rings is 2. The van der Waals surface area contributed by atoms with E-state index in [0.29, 0.717) is 5.69 Å². The monoisotopic (exact) mass is 516 g/mol. The highest BCUT2D eigenvalue weighted by atomic mass is 19.4. The van der Waals surface area contributed by atoms with E-state index in [-0.39, 0.29) is 12.7 Å². The summed E-state index contributed by atoms with van der Waals surface area (Å²) >= 11 is 0. The van der Waals surface area contributed by atoms with Crippen LogP contribution in [-0.4, -0.2) is 42.7 Å². The molecule has 1 saturated heterocycles. The molecule has 0 bridgehead atoms. The van der Waals surface area contributed by atoms with Crippen LogP contribution in [0.4, 0.5) is 32.0 Å². The minimum atomic E-state index is -5.57. The van der Waals surface area contributed by atoms with Gasteiger partial charge in [-0.2, -0.15) is 4.39 Å². The molecule has 36 heavy (non-hydrogen) atoms. The van der Waals surface area contributed by atoms with Gasteiger partial charge in [-0.15, -0.1) is 13.2 Å². The molecule has 6 nitrogen and oxygen atoms in total. The number of hydrogen-bond acceptors (Lipinski definition) is 6. The maximum atomic E-state index is 14.6. The van der Waals surface area contributed by atoms with Gasteiger partial charge in [0.15, 0.2) is 11.6 Å². The highest BCUT2D eigenvalue weighted by molar-refractivity contribution is 6.24. The Morgan fingerprint density at radius 2 is 1.69 bits per heavy atom. The first kappa shape index (κ1) is 27.1. The minimum Gasteiger partial charge on any atom is -0.462 e. The summed E-state index contributed by atoms with van der Waals surface area (Å²) in [6.45, 7) is 3.98. The largest absolute Gasteiger partial charge is 0.573 e. The normalized spacial score (nSPS) is 14.6. The van der Waals surface area contributed by atoms with Gasteiger partial charge in [-0.25, -0.2) is 13.6 Å². The Labute approximate surface area is 202 Å². The van der Waals surface area contributed by atoms with Crippen molar-refractivity contribution >= 4 is 17.4 Å². The van der Waals surface area contributed by atoms with Crippen molar-refractivity contribution < 1.29 is 45.4 Å². The molecule has 0 radical (unpaired) electrons. The number of Topliss-reactive ketones (excluding diaryl/α,β-unsaturated/α-hetero) is 1. The fourth-order valence-corrected chi connectivity index (χ4v) is 3.58. The minimum absolute atomic E-state index is 0.0381. The maximum absolute atomic E-state index is 14.6. The summed E-state index contributed by atoms with van der Waals surface area (Å²) < 4.78 is 87.9. The summed E-state index contributed by atoms with van der Waals surface area (Å²) in [6, 6.07) is 6.98. The third-order valence-electron chi connectivity index (χ3n) is 5.26. The second-order valence-corrected chi connectivity index (χ2v) is 7.84. The Kier molecular flexibility index (Phi) is 8.62. The van der Waals surface area contributed by atoms with Gasteiger partial charge in [-0.05, 0) is 56.6 Å². The van der Waals surface area contributed by atoms with Crippen molar-refractivity contribution in [1.29, 1.82) is 0 Å². The van der Waals surface area contributed by atoms with E-state index in [1.807, 2.05) is 12.1 Å². The second-order valence-electron chi connectivity index (χ2n) is 7.84. The van der Waals surface area contributed by atoms with Crippen molar-refractivity contribution in [3.05, 3.63) is 70.7 Å². The molecule has 2 aromatic rings. The fourth-order valence-electron chi connectivity index (χ4n) is 3.58. The third kappa shape index (κ3) is 6.78. The first-order valence-electron chi connectivity index (χ1n) is 10.9. The number of ketones is 1. The summed E-state index contributed by atoms with van der Waals surface area (Å²) in [5, 5.41) is 2.66. The molecule has 0 atom stereocenters. The smallest absolute Gasteiger partial charge is 0.462 e. The number of anilines is 1. The molecule has 0 amide bonds. The maximum Gasteiger partial charge on any atom is 0.573 e. The van der Waals surface area contributed by atoms with Gasteiger partial charge >= 0.3 is 12.3 Å². The Bertz CT molecular complexity index is 1140. The van der Waals surface area contributed by atoms with Crippen molar-refractivity contribution in [1.82, 2.24) is 4.90 Å². The van der Waals surface area contributed by atoms with Gasteiger partial charge in [0.2, 0.25) is 17.3 Å². The molecule has 2 aromatic carbocycles. The van der Waals surface area contributed by atoms with Crippen molar-refractivity contribution in [2.45, 2.75) is 32.7 Å². The van der Waals surface area contributed by atoms with Crippen molar-refractivity contribution in [3.8, 4) is 5.75 Å². The van der Waals surface area contributed by atoms with Crippen LogP contribution in [0.2, 0.25) is 0 Å². The van der Waals surface area contributed by atoms with Crippen LogP contribution >= 0.6 is 0 Å². The molecule has 1 heterocycles. The van der Waals surface area contributed by atoms with Crippen LogP contribution in [0.15, 0.2) is 42.1 Å². The van der Waals surface area contributed by atoms with E-state index in [1.54, 1.807) is 12.1 Å². The average molecular weight is 516 g/mol. The van der Waals surface area contributed by atoms with E-state index in [0.717, 1.165) is 44.2 Å². The molecule has 0 saturated carbocycles. The van der Waals surface area contributed by atoms with Gasteiger partial charge in [0, 0.05) is 18.4 Å². The van der Waals surface area contributed by atoms with Gasteiger partial charge < -0.3 is 14.8 Å². The molecular weight excluding hydrogens is 494 g/mol. The van der Waals surface area contributed by atoms with E-state index in [4.69, 9.17) is 4.74 Å². The molecular formula is C24H22F6N2O4. The highest BCUT2D eigenvalue weighted by Crippen LogP contribution is 2.33. The number of esters is 1. The number of carbonyl (C=O) groups excluding carboxylic acids is 2. The van der Waals surface area contributed by atoms with Crippen LogP contribution in [0.3, 0.4) is 0 Å². The quantitative estimate of drug-likeness (QED) is 0.0924. The van der Waals surface area contributed by atoms with Gasteiger partial charge in [0.05, 0.1) is 12.2 Å². The molecule has 0 unspecified atom stereocenters. The summed E-state index contributed by atoms with van der Waals surface area (Å²) in [4.78, 5) is 27.5. The molecule has 0 aliphatic carbocycles. The standard InChI is InChI=1S/C24H22F6N2O4/c1-2-35-23(34)17(12-31-15-7-5-14(6-8-15)13-32-9-3-4-10-32)21(33)16-11-18(25)20(27)22(19(16)26)36-24(28,29)30/h5-8,11-12,31H,2-4,9-10,13H2,1H3/b17-12-. The van der Waals surface area contributed by atoms with Crippen LogP contribution in [-0.2, 0) is 16.1 Å². The first-order valence-corrected chi connectivity index (χ1v) is 10.9. The number of ether oxygens (including phenoxy) is 2. The van der Waals surface area contributed by atoms with Gasteiger partial charge in [-0.3, -0.25) is 9.69 Å². The fraction of sp³-hybridized carbons (Fsp3) is 0.333. The lowest BCUT2D eigenvalue weighted by atomic mass is 10.0. The summed E-state index contributed by atoms with van der Waals surface area (Å²) in [6.07, 6.45) is -2.45. The Balaban J connectivity index is 1.88. The molecule has 3 rings (SSSR count). The number of likely N-dealkylation sites (tertiary alicyclic amines) is 1. The predicted molar refractivity (Wildman–Crippen MR) is 117 cm³/mol. The molecule has 194 valence electrons. The van der Waals surface area contributed by atoms with Crippen LogP contribution < -0.4 is 10.1 Å². The number of nitrogens with one attached hydrogen (secondary N) is 1. The molecule has 1 aliphatic rings. The van der Waals surface area contributed by atoms with E-state index < -0.39 is 52.5 Å². The Morgan fingerprint density at radius 3 is 2.28 bits per heavy atom. The number of halogens is 6. The molecule has 1 aliphatic heterocycles. The Morgan fingerprint density at radius 1 is 1.06 bits per heavy atom. The number of alkyl halides is 3.